The average molecular weight is 445 g/mol. The molecule has 3 aromatic rings. The number of hydrogen-bond acceptors (Lipinski definition) is 4. The second-order valence-electron chi connectivity index (χ2n) is 7.90. The van der Waals surface area contributed by atoms with Crippen molar-refractivity contribution in [2.24, 2.45) is 0 Å². The zero-order chi connectivity index (χ0) is 23.0. The van der Waals surface area contributed by atoms with Crippen LogP contribution in [0.25, 0.3) is 0 Å². The molecule has 0 radical (unpaired) electrons. The van der Waals surface area contributed by atoms with Crippen LogP contribution in [0.3, 0.4) is 0 Å². The van der Waals surface area contributed by atoms with E-state index >= 15 is 0 Å². The third-order valence-corrected chi connectivity index (χ3v) is 5.76. The quantitative estimate of drug-likeness (QED) is 0.647. The van der Waals surface area contributed by atoms with E-state index in [-0.39, 0.29) is 18.4 Å². The van der Waals surface area contributed by atoms with Gasteiger partial charge in [0.2, 0.25) is 0 Å². The lowest BCUT2D eigenvalue weighted by atomic mass is 10.0. The Morgan fingerprint density at radius 2 is 1.70 bits per heavy atom. The van der Waals surface area contributed by atoms with Crippen molar-refractivity contribution in [2.75, 3.05) is 26.8 Å². The largest absolute Gasteiger partial charge is 0.496 e. The highest BCUT2D eigenvalue weighted by atomic mass is 16.5. The van der Waals surface area contributed by atoms with Crippen molar-refractivity contribution in [1.29, 1.82) is 0 Å². The molecule has 0 spiro atoms. The monoisotopic (exact) mass is 444 g/mol. The summed E-state index contributed by atoms with van der Waals surface area (Å²) in [6, 6.07) is 22.6. The summed E-state index contributed by atoms with van der Waals surface area (Å²) >= 11 is 0. The van der Waals surface area contributed by atoms with E-state index in [1.807, 2.05) is 36.4 Å². The van der Waals surface area contributed by atoms with E-state index in [1.165, 1.54) is 5.56 Å². The van der Waals surface area contributed by atoms with Gasteiger partial charge in [-0.1, -0.05) is 48.5 Å². The van der Waals surface area contributed by atoms with E-state index in [0.717, 1.165) is 18.4 Å². The smallest absolute Gasteiger partial charge is 0.258 e. The molecule has 33 heavy (non-hydrogen) atoms. The molecular weight excluding hydrogens is 416 g/mol. The predicted molar refractivity (Wildman–Crippen MR) is 127 cm³/mol. The molecule has 0 saturated carbocycles. The van der Waals surface area contributed by atoms with Gasteiger partial charge < -0.3 is 19.7 Å². The highest BCUT2D eigenvalue weighted by Crippen LogP contribution is 2.23. The topological polar surface area (TPSA) is 67.9 Å². The van der Waals surface area contributed by atoms with Crippen LogP contribution in [-0.4, -0.2) is 43.5 Å². The van der Waals surface area contributed by atoms with Gasteiger partial charge in [-0.25, -0.2) is 0 Å². The van der Waals surface area contributed by atoms with Crippen molar-refractivity contribution in [3.05, 3.63) is 95.1 Å². The summed E-state index contributed by atoms with van der Waals surface area (Å²) in [5.41, 5.74) is 3.27. The van der Waals surface area contributed by atoms with Crippen LogP contribution in [0.15, 0.2) is 72.8 Å². The van der Waals surface area contributed by atoms with Gasteiger partial charge in [0.15, 0.2) is 0 Å². The van der Waals surface area contributed by atoms with E-state index in [1.54, 1.807) is 36.3 Å². The normalized spacial score (nSPS) is 14.7. The second kappa shape index (κ2) is 10.7. The number of fused-ring (bicyclic) bond motifs is 2. The molecule has 6 nitrogen and oxygen atoms in total. The van der Waals surface area contributed by atoms with Crippen LogP contribution < -0.4 is 14.8 Å². The molecule has 0 atom stereocenters. The van der Waals surface area contributed by atoms with Gasteiger partial charge >= 0.3 is 0 Å². The molecule has 4 rings (SSSR count). The van der Waals surface area contributed by atoms with Crippen molar-refractivity contribution in [3.63, 3.8) is 0 Å². The number of amides is 2. The molecule has 1 N–H and O–H groups in total. The van der Waals surface area contributed by atoms with Gasteiger partial charge in [-0.15, -0.1) is 0 Å². The molecule has 1 aliphatic rings. The van der Waals surface area contributed by atoms with Gasteiger partial charge in [0.1, 0.15) is 18.1 Å². The van der Waals surface area contributed by atoms with Crippen LogP contribution >= 0.6 is 0 Å². The van der Waals surface area contributed by atoms with Crippen LogP contribution in [0.5, 0.6) is 11.5 Å². The molecule has 2 amide bonds. The van der Waals surface area contributed by atoms with E-state index in [0.29, 0.717) is 42.3 Å². The Morgan fingerprint density at radius 1 is 0.970 bits per heavy atom. The number of benzene rings is 3. The number of rotatable bonds is 2. The summed E-state index contributed by atoms with van der Waals surface area (Å²) < 4.78 is 11.4. The molecule has 0 saturated heterocycles. The molecule has 0 aliphatic carbocycles. The summed E-state index contributed by atoms with van der Waals surface area (Å²) in [4.78, 5) is 28.0. The molecule has 0 fully saturated rings. The van der Waals surface area contributed by atoms with Gasteiger partial charge in [-0.3, -0.25) is 9.59 Å². The van der Waals surface area contributed by atoms with Gasteiger partial charge in [0, 0.05) is 13.1 Å². The SMILES string of the molecule is COc1ccccc1C(=O)N1CCOc2ccccc2C(=O)NCCCc2ccccc2C1. The average Bonchev–Trinajstić information content (AvgIpc) is 2.86. The van der Waals surface area contributed by atoms with E-state index in [2.05, 4.69) is 17.4 Å². The molecule has 170 valence electrons. The number of carbonyl (C=O) groups is 2. The number of carbonyl (C=O) groups excluding carboxylic acids is 2. The zero-order valence-electron chi connectivity index (χ0n) is 18.8. The Labute approximate surface area is 194 Å². The zero-order valence-corrected chi connectivity index (χ0v) is 18.8. The fourth-order valence-corrected chi connectivity index (χ4v) is 4.03. The fourth-order valence-electron chi connectivity index (χ4n) is 4.03. The van der Waals surface area contributed by atoms with Crippen molar-refractivity contribution in [1.82, 2.24) is 10.2 Å². The van der Waals surface area contributed by atoms with Crippen LogP contribution in [0.4, 0.5) is 0 Å². The first-order valence-corrected chi connectivity index (χ1v) is 11.2. The number of ether oxygens (including phenoxy) is 2. The van der Waals surface area contributed by atoms with Gasteiger partial charge in [-0.2, -0.15) is 0 Å². The van der Waals surface area contributed by atoms with Gasteiger partial charge in [0.25, 0.3) is 11.8 Å². The predicted octanol–water partition coefficient (Wildman–Crippen LogP) is 4.09. The minimum Gasteiger partial charge on any atom is -0.496 e. The molecular formula is C27H28N2O4. The fraction of sp³-hybridized carbons (Fsp3) is 0.259. The number of aryl methyl sites for hydroxylation is 1. The molecule has 0 unspecified atom stereocenters. The summed E-state index contributed by atoms with van der Waals surface area (Å²) in [6.07, 6.45) is 1.61. The number of para-hydroxylation sites is 2. The lowest BCUT2D eigenvalue weighted by Gasteiger charge is -2.25. The number of nitrogens with zero attached hydrogens (tertiary/aromatic N) is 1. The Balaban J connectivity index is 1.66. The summed E-state index contributed by atoms with van der Waals surface area (Å²) in [5, 5.41) is 2.99. The Hall–Kier alpha value is -3.80. The first-order chi connectivity index (χ1) is 16.2. The van der Waals surface area contributed by atoms with Gasteiger partial charge in [0.05, 0.1) is 24.8 Å². The maximum Gasteiger partial charge on any atom is 0.258 e. The van der Waals surface area contributed by atoms with E-state index in [4.69, 9.17) is 9.47 Å². The summed E-state index contributed by atoms with van der Waals surface area (Å²) in [7, 11) is 1.56. The molecule has 3 aromatic carbocycles. The van der Waals surface area contributed by atoms with E-state index in [9.17, 15) is 9.59 Å². The van der Waals surface area contributed by atoms with Crippen LogP contribution in [-0.2, 0) is 13.0 Å². The van der Waals surface area contributed by atoms with Crippen LogP contribution in [0.2, 0.25) is 0 Å². The molecule has 0 aromatic heterocycles. The van der Waals surface area contributed by atoms with Crippen LogP contribution in [0, 0.1) is 0 Å². The Morgan fingerprint density at radius 3 is 2.55 bits per heavy atom. The van der Waals surface area contributed by atoms with Crippen molar-refractivity contribution < 1.29 is 19.1 Å². The third kappa shape index (κ3) is 5.34. The standard InChI is InChI=1S/C27H28N2O4/c1-32-24-14-6-5-13-23(24)27(31)29-17-18-33-25-15-7-4-12-22(25)26(30)28-16-8-11-20-9-2-3-10-21(20)19-29/h2-7,9-10,12-15H,8,11,16-19H2,1H3,(H,28,30). The van der Waals surface area contributed by atoms with Crippen LogP contribution in [0.1, 0.15) is 38.3 Å². The maximum absolute atomic E-state index is 13.6. The van der Waals surface area contributed by atoms with Crippen molar-refractivity contribution >= 4 is 11.8 Å². The lowest BCUT2D eigenvalue weighted by molar-refractivity contribution is 0.0710. The lowest BCUT2D eigenvalue weighted by Crippen LogP contribution is -2.35. The Bertz CT molecular complexity index is 1130. The Kier molecular flexibility index (Phi) is 7.25. The third-order valence-electron chi connectivity index (χ3n) is 5.76. The number of hydrogen-bond donors (Lipinski definition) is 1. The first-order valence-electron chi connectivity index (χ1n) is 11.2. The maximum atomic E-state index is 13.6. The van der Waals surface area contributed by atoms with E-state index < -0.39 is 0 Å². The summed E-state index contributed by atoms with van der Waals surface area (Å²) in [6.45, 7) is 1.64. The molecule has 1 aliphatic heterocycles. The van der Waals surface area contributed by atoms with Crippen molar-refractivity contribution in [3.8, 4) is 11.5 Å². The highest BCUT2D eigenvalue weighted by molar-refractivity contribution is 5.97. The first kappa shape index (κ1) is 22.4. The molecule has 0 bridgehead atoms. The van der Waals surface area contributed by atoms with Gasteiger partial charge in [-0.05, 0) is 48.2 Å². The highest BCUT2D eigenvalue weighted by Gasteiger charge is 2.21. The van der Waals surface area contributed by atoms with Crippen molar-refractivity contribution in [2.45, 2.75) is 19.4 Å². The minimum absolute atomic E-state index is 0.121. The summed E-state index contributed by atoms with van der Waals surface area (Å²) in [5.74, 6) is 0.775. The molecule has 1 heterocycles. The number of nitrogens with one attached hydrogen (secondary N) is 1. The minimum atomic E-state index is -0.155. The molecule has 6 heteroatoms. The number of methoxy groups -OCH3 is 1. The second-order valence-corrected chi connectivity index (χ2v) is 7.90.